The predicted octanol–water partition coefficient (Wildman–Crippen LogP) is 0.498. The normalized spacial score (nSPS) is 12.2. The van der Waals surface area contributed by atoms with Gasteiger partial charge in [0.1, 0.15) is 16.6 Å². The third-order valence-electron chi connectivity index (χ3n) is 1.84. The van der Waals surface area contributed by atoms with Crippen LogP contribution in [0.4, 0.5) is 0 Å². The van der Waals surface area contributed by atoms with Crippen LogP contribution in [0.15, 0.2) is 12.4 Å². The first-order valence-corrected chi connectivity index (χ1v) is 4.91. The Kier molecular flexibility index (Phi) is 1.90. The fraction of sp³-hybridized carbons (Fsp3) is 0.375. The van der Waals surface area contributed by atoms with Crippen LogP contribution in [0.3, 0.4) is 0 Å². The average molecular weight is 210 g/mol. The van der Waals surface area contributed by atoms with E-state index in [1.165, 1.54) is 17.7 Å². The van der Waals surface area contributed by atoms with Gasteiger partial charge in [0.15, 0.2) is 0 Å². The lowest BCUT2D eigenvalue weighted by Gasteiger charge is -2.17. The molecule has 0 atom stereocenters. The monoisotopic (exact) mass is 210 g/mol. The van der Waals surface area contributed by atoms with E-state index in [-0.39, 0.29) is 0 Å². The van der Waals surface area contributed by atoms with Crippen LogP contribution in [-0.2, 0) is 5.60 Å². The van der Waals surface area contributed by atoms with E-state index in [4.69, 9.17) is 5.41 Å². The van der Waals surface area contributed by atoms with Crippen LogP contribution in [-0.4, -0.2) is 19.7 Å². The van der Waals surface area contributed by atoms with E-state index in [0.29, 0.717) is 15.3 Å². The molecule has 0 radical (unpaired) electrons. The number of aromatic nitrogens is 3. The van der Waals surface area contributed by atoms with Crippen molar-refractivity contribution in [1.82, 2.24) is 14.6 Å². The second-order valence-corrected chi connectivity index (χ2v) is 4.52. The average Bonchev–Trinajstić information content (AvgIpc) is 2.47. The molecule has 6 heteroatoms. The highest BCUT2D eigenvalue weighted by Gasteiger charge is 2.20. The Balaban J connectivity index is 2.87. The number of rotatable bonds is 1. The SMILES string of the molecule is CC(C)(O)c1cc(=N)sc2ncnn12. The fourth-order valence-corrected chi connectivity index (χ4v) is 1.91. The number of hydrogen-bond donors (Lipinski definition) is 2. The maximum Gasteiger partial charge on any atom is 0.214 e. The molecule has 5 nitrogen and oxygen atoms in total. The van der Waals surface area contributed by atoms with Gasteiger partial charge in [-0.2, -0.15) is 5.10 Å². The zero-order valence-electron chi connectivity index (χ0n) is 7.85. The van der Waals surface area contributed by atoms with E-state index >= 15 is 0 Å². The quantitative estimate of drug-likeness (QED) is 0.719. The topological polar surface area (TPSA) is 74.3 Å². The number of fused-ring (bicyclic) bond motifs is 1. The fourth-order valence-electron chi connectivity index (χ4n) is 1.21. The molecule has 0 saturated heterocycles. The molecule has 0 saturated carbocycles. The Morgan fingerprint density at radius 3 is 2.93 bits per heavy atom. The molecule has 0 aliphatic carbocycles. The third-order valence-corrected chi connectivity index (χ3v) is 2.64. The summed E-state index contributed by atoms with van der Waals surface area (Å²) in [7, 11) is 0. The van der Waals surface area contributed by atoms with Gasteiger partial charge in [-0.25, -0.2) is 9.50 Å². The van der Waals surface area contributed by atoms with Crippen LogP contribution in [0.25, 0.3) is 4.96 Å². The Morgan fingerprint density at radius 1 is 1.57 bits per heavy atom. The van der Waals surface area contributed by atoms with Crippen molar-refractivity contribution in [2.24, 2.45) is 0 Å². The van der Waals surface area contributed by atoms with Crippen LogP contribution in [0.1, 0.15) is 19.5 Å². The first-order valence-electron chi connectivity index (χ1n) is 4.10. The molecule has 0 spiro atoms. The minimum atomic E-state index is -1.02. The van der Waals surface area contributed by atoms with Gasteiger partial charge in [-0.1, -0.05) is 11.3 Å². The molecule has 0 bridgehead atoms. The number of hydrogen-bond acceptors (Lipinski definition) is 5. The lowest BCUT2D eigenvalue weighted by atomic mass is 10.1. The standard InChI is InChI=1S/C8H10N4OS/c1-8(2,13)5-3-6(9)14-7-10-4-11-12(5)7/h3-4,9,13H,1-2H3. The summed E-state index contributed by atoms with van der Waals surface area (Å²) in [4.78, 5) is 4.61. The molecule has 74 valence electrons. The van der Waals surface area contributed by atoms with E-state index in [0.717, 1.165) is 0 Å². The van der Waals surface area contributed by atoms with Crippen molar-refractivity contribution in [3.8, 4) is 0 Å². The highest BCUT2D eigenvalue weighted by molar-refractivity contribution is 7.14. The second-order valence-electron chi connectivity index (χ2n) is 3.51. The van der Waals surface area contributed by atoms with E-state index in [9.17, 15) is 5.11 Å². The summed E-state index contributed by atoms with van der Waals surface area (Å²) in [5, 5.41) is 21.4. The maximum atomic E-state index is 9.86. The van der Waals surface area contributed by atoms with Gasteiger partial charge in [-0.05, 0) is 19.9 Å². The Hall–Kier alpha value is -1.27. The maximum absolute atomic E-state index is 9.86. The van der Waals surface area contributed by atoms with E-state index in [1.807, 2.05) is 0 Å². The summed E-state index contributed by atoms with van der Waals surface area (Å²) in [5.74, 6) is 0. The third kappa shape index (κ3) is 1.42. The van der Waals surface area contributed by atoms with E-state index in [1.54, 1.807) is 24.4 Å². The molecule has 0 fully saturated rings. The van der Waals surface area contributed by atoms with Crippen molar-refractivity contribution in [1.29, 1.82) is 5.41 Å². The molecule has 2 rings (SSSR count). The van der Waals surface area contributed by atoms with Gasteiger partial charge in [0.25, 0.3) is 0 Å². The minimum Gasteiger partial charge on any atom is -0.384 e. The van der Waals surface area contributed by atoms with Gasteiger partial charge in [-0.3, -0.25) is 5.41 Å². The van der Waals surface area contributed by atoms with Crippen molar-refractivity contribution in [2.45, 2.75) is 19.4 Å². The van der Waals surface area contributed by atoms with Crippen molar-refractivity contribution in [2.75, 3.05) is 0 Å². The molecule has 0 amide bonds. The van der Waals surface area contributed by atoms with E-state index < -0.39 is 5.60 Å². The molecular formula is C8H10N4OS. The molecule has 0 aliphatic rings. The predicted molar refractivity (Wildman–Crippen MR) is 52.0 cm³/mol. The van der Waals surface area contributed by atoms with Gasteiger partial charge >= 0.3 is 0 Å². The minimum absolute atomic E-state index is 0.364. The first-order chi connectivity index (χ1) is 6.48. The Bertz CT molecular complexity index is 522. The largest absolute Gasteiger partial charge is 0.384 e. The van der Waals surface area contributed by atoms with Gasteiger partial charge in [-0.15, -0.1) is 0 Å². The summed E-state index contributed by atoms with van der Waals surface area (Å²) in [5.41, 5.74) is -0.441. The molecule has 2 aromatic heterocycles. The van der Waals surface area contributed by atoms with Crippen LogP contribution in [0.5, 0.6) is 0 Å². The summed E-state index contributed by atoms with van der Waals surface area (Å²) in [6.07, 6.45) is 1.42. The summed E-state index contributed by atoms with van der Waals surface area (Å²) in [6.45, 7) is 3.32. The van der Waals surface area contributed by atoms with Crippen molar-refractivity contribution in [3.63, 3.8) is 0 Å². The van der Waals surface area contributed by atoms with Crippen LogP contribution < -0.4 is 4.67 Å². The van der Waals surface area contributed by atoms with Gasteiger partial charge in [0, 0.05) is 0 Å². The van der Waals surface area contributed by atoms with Crippen LogP contribution in [0, 0.1) is 5.41 Å². The highest BCUT2D eigenvalue weighted by Crippen LogP contribution is 2.18. The molecule has 0 aliphatic heterocycles. The van der Waals surface area contributed by atoms with E-state index in [2.05, 4.69) is 10.1 Å². The Morgan fingerprint density at radius 2 is 2.29 bits per heavy atom. The molecule has 0 aromatic carbocycles. The molecule has 14 heavy (non-hydrogen) atoms. The number of nitrogens with zero attached hydrogens (tertiary/aromatic N) is 3. The lowest BCUT2D eigenvalue weighted by molar-refractivity contribution is 0.0715. The van der Waals surface area contributed by atoms with Gasteiger partial charge in [0.2, 0.25) is 4.96 Å². The van der Waals surface area contributed by atoms with Crippen LogP contribution in [0.2, 0.25) is 0 Å². The second kappa shape index (κ2) is 2.86. The lowest BCUT2D eigenvalue weighted by Crippen LogP contribution is -2.22. The van der Waals surface area contributed by atoms with Crippen molar-refractivity contribution in [3.05, 3.63) is 22.8 Å². The molecule has 2 heterocycles. The summed E-state index contributed by atoms with van der Waals surface area (Å²) >= 11 is 1.22. The number of nitrogens with one attached hydrogen (secondary N) is 1. The van der Waals surface area contributed by atoms with Crippen molar-refractivity contribution >= 4 is 16.3 Å². The molecule has 0 unspecified atom stereocenters. The zero-order valence-corrected chi connectivity index (χ0v) is 8.67. The van der Waals surface area contributed by atoms with Crippen molar-refractivity contribution < 1.29 is 5.11 Å². The summed E-state index contributed by atoms with van der Waals surface area (Å²) in [6, 6.07) is 1.60. The van der Waals surface area contributed by atoms with Gasteiger partial charge in [0.05, 0.1) is 5.69 Å². The molecule has 2 aromatic rings. The highest BCUT2D eigenvalue weighted by atomic mass is 32.1. The first kappa shape index (κ1) is 9.29. The number of aliphatic hydroxyl groups is 1. The Labute approximate surface area is 84.2 Å². The zero-order chi connectivity index (χ0) is 10.3. The summed E-state index contributed by atoms with van der Waals surface area (Å²) < 4.78 is 1.92. The molecule has 2 N–H and O–H groups in total. The van der Waals surface area contributed by atoms with Crippen LogP contribution >= 0.6 is 11.3 Å². The molecular weight excluding hydrogens is 200 g/mol. The van der Waals surface area contributed by atoms with Gasteiger partial charge < -0.3 is 5.11 Å². The smallest absolute Gasteiger partial charge is 0.214 e.